The van der Waals surface area contributed by atoms with Crippen molar-refractivity contribution in [2.75, 3.05) is 6.54 Å². The molecule has 1 atom stereocenters. The molecular weight excluding hydrogens is 206 g/mol. The predicted octanol–water partition coefficient (Wildman–Crippen LogP) is 4.04. The van der Waals surface area contributed by atoms with Crippen LogP contribution in [-0.4, -0.2) is 6.54 Å². The Hall–Kier alpha value is -1.08. The van der Waals surface area contributed by atoms with E-state index in [1.165, 1.54) is 11.1 Å². The molecule has 1 nitrogen and oxygen atoms in total. The number of nitrogens with two attached hydrogens (primary N) is 1. The number of benzene rings is 1. The Morgan fingerprint density at radius 1 is 1.24 bits per heavy atom. The van der Waals surface area contributed by atoms with Gasteiger partial charge >= 0.3 is 0 Å². The molecule has 94 valence electrons. The van der Waals surface area contributed by atoms with E-state index in [9.17, 15) is 0 Å². The van der Waals surface area contributed by atoms with E-state index < -0.39 is 0 Å². The van der Waals surface area contributed by atoms with Crippen LogP contribution in [-0.2, 0) is 5.41 Å². The third kappa shape index (κ3) is 2.98. The fraction of sp³-hybridized carbons (Fsp3) is 0.500. The summed E-state index contributed by atoms with van der Waals surface area (Å²) in [4.78, 5) is 0. The Morgan fingerprint density at radius 3 is 2.35 bits per heavy atom. The minimum Gasteiger partial charge on any atom is -0.330 e. The zero-order valence-electron chi connectivity index (χ0n) is 11.2. The molecule has 1 rings (SSSR count). The molecule has 0 fully saturated rings. The molecule has 0 heterocycles. The van der Waals surface area contributed by atoms with Crippen LogP contribution in [0.3, 0.4) is 0 Å². The van der Waals surface area contributed by atoms with E-state index in [0.717, 1.165) is 25.7 Å². The lowest BCUT2D eigenvalue weighted by Crippen LogP contribution is -2.30. The number of hydrogen-bond donors (Lipinski definition) is 1. The largest absolute Gasteiger partial charge is 0.330 e. The first kappa shape index (κ1) is 14.0. The molecule has 0 aliphatic carbocycles. The van der Waals surface area contributed by atoms with E-state index in [1.807, 2.05) is 0 Å². The maximum absolute atomic E-state index is 5.82. The van der Waals surface area contributed by atoms with Crippen LogP contribution in [0.25, 0.3) is 0 Å². The van der Waals surface area contributed by atoms with Gasteiger partial charge in [0.25, 0.3) is 0 Å². The molecule has 0 saturated heterocycles. The van der Waals surface area contributed by atoms with Crippen molar-refractivity contribution in [1.29, 1.82) is 0 Å². The van der Waals surface area contributed by atoms with Gasteiger partial charge in [-0.3, -0.25) is 0 Å². The molecule has 1 heteroatoms. The topological polar surface area (TPSA) is 26.0 Å². The SMILES string of the molecule is C=C(CCC)C(CC)(CCN)c1ccccc1. The van der Waals surface area contributed by atoms with Gasteiger partial charge in [0.1, 0.15) is 0 Å². The van der Waals surface area contributed by atoms with E-state index >= 15 is 0 Å². The summed E-state index contributed by atoms with van der Waals surface area (Å²) in [6.45, 7) is 9.49. The maximum Gasteiger partial charge on any atom is 0.0168 e. The molecule has 0 radical (unpaired) electrons. The van der Waals surface area contributed by atoms with Gasteiger partial charge in [-0.05, 0) is 31.4 Å². The molecule has 0 aliphatic rings. The Bertz CT molecular complexity index is 342. The molecule has 1 aromatic rings. The van der Waals surface area contributed by atoms with Crippen LogP contribution in [0.1, 0.15) is 45.1 Å². The predicted molar refractivity (Wildman–Crippen MR) is 76.1 cm³/mol. The second-order valence-corrected chi connectivity index (χ2v) is 4.69. The Labute approximate surface area is 106 Å². The molecule has 0 amide bonds. The number of hydrogen-bond acceptors (Lipinski definition) is 1. The van der Waals surface area contributed by atoms with Gasteiger partial charge in [-0.15, -0.1) is 0 Å². The molecule has 17 heavy (non-hydrogen) atoms. The minimum atomic E-state index is 0.0754. The average Bonchev–Trinajstić information content (AvgIpc) is 2.37. The summed E-state index contributed by atoms with van der Waals surface area (Å²) in [7, 11) is 0. The Morgan fingerprint density at radius 2 is 1.88 bits per heavy atom. The van der Waals surface area contributed by atoms with Gasteiger partial charge in [0.05, 0.1) is 0 Å². The van der Waals surface area contributed by atoms with Crippen molar-refractivity contribution in [2.45, 2.75) is 44.9 Å². The van der Waals surface area contributed by atoms with Crippen LogP contribution >= 0.6 is 0 Å². The smallest absolute Gasteiger partial charge is 0.0168 e. The number of allylic oxidation sites excluding steroid dienone is 1. The second-order valence-electron chi connectivity index (χ2n) is 4.69. The molecule has 0 aliphatic heterocycles. The lowest BCUT2D eigenvalue weighted by atomic mass is 9.69. The monoisotopic (exact) mass is 231 g/mol. The van der Waals surface area contributed by atoms with E-state index in [1.54, 1.807) is 0 Å². The summed E-state index contributed by atoms with van der Waals surface area (Å²) in [5, 5.41) is 0. The van der Waals surface area contributed by atoms with Crippen molar-refractivity contribution in [2.24, 2.45) is 5.73 Å². The molecule has 1 unspecified atom stereocenters. The van der Waals surface area contributed by atoms with Crippen molar-refractivity contribution in [3.05, 3.63) is 48.0 Å². The third-order valence-electron chi connectivity index (χ3n) is 3.73. The van der Waals surface area contributed by atoms with E-state index in [0.29, 0.717) is 6.54 Å². The first-order valence-electron chi connectivity index (χ1n) is 6.65. The fourth-order valence-corrected chi connectivity index (χ4v) is 2.70. The molecule has 0 bridgehead atoms. The molecule has 2 N–H and O–H groups in total. The molecule has 0 spiro atoms. The first-order chi connectivity index (χ1) is 8.21. The summed E-state index contributed by atoms with van der Waals surface area (Å²) in [6.07, 6.45) is 4.31. The highest BCUT2D eigenvalue weighted by Crippen LogP contribution is 2.39. The zero-order chi connectivity index (χ0) is 12.7. The summed E-state index contributed by atoms with van der Waals surface area (Å²) in [5.41, 5.74) is 8.60. The summed E-state index contributed by atoms with van der Waals surface area (Å²) < 4.78 is 0. The van der Waals surface area contributed by atoms with Crippen molar-refractivity contribution in [1.82, 2.24) is 0 Å². The van der Waals surface area contributed by atoms with Crippen LogP contribution in [0, 0.1) is 0 Å². The zero-order valence-corrected chi connectivity index (χ0v) is 11.2. The van der Waals surface area contributed by atoms with E-state index in [2.05, 4.69) is 50.8 Å². The van der Waals surface area contributed by atoms with Crippen LogP contribution in [0.2, 0.25) is 0 Å². The van der Waals surface area contributed by atoms with E-state index in [4.69, 9.17) is 5.73 Å². The highest BCUT2D eigenvalue weighted by atomic mass is 14.5. The minimum absolute atomic E-state index is 0.0754. The average molecular weight is 231 g/mol. The standard InChI is InChI=1S/C16H25N/c1-4-9-14(3)16(5-2,12-13-17)15-10-7-6-8-11-15/h6-8,10-11H,3-5,9,12-13,17H2,1-2H3. The van der Waals surface area contributed by atoms with Gasteiger partial charge in [0.15, 0.2) is 0 Å². The van der Waals surface area contributed by atoms with Crippen LogP contribution in [0.4, 0.5) is 0 Å². The lowest BCUT2D eigenvalue weighted by molar-refractivity contribution is 0.438. The van der Waals surface area contributed by atoms with Gasteiger partial charge in [-0.2, -0.15) is 0 Å². The summed E-state index contributed by atoms with van der Waals surface area (Å²) >= 11 is 0. The van der Waals surface area contributed by atoms with Crippen LogP contribution < -0.4 is 5.73 Å². The second kappa shape index (κ2) is 6.61. The fourth-order valence-electron chi connectivity index (χ4n) is 2.70. The van der Waals surface area contributed by atoms with E-state index in [-0.39, 0.29) is 5.41 Å². The normalized spacial score (nSPS) is 14.3. The molecule has 0 aromatic heterocycles. The highest BCUT2D eigenvalue weighted by molar-refractivity contribution is 5.35. The first-order valence-corrected chi connectivity index (χ1v) is 6.65. The van der Waals surface area contributed by atoms with Crippen molar-refractivity contribution in [3.63, 3.8) is 0 Å². The molecule has 0 saturated carbocycles. The van der Waals surface area contributed by atoms with Gasteiger partial charge in [0, 0.05) is 5.41 Å². The van der Waals surface area contributed by atoms with Gasteiger partial charge < -0.3 is 5.73 Å². The third-order valence-corrected chi connectivity index (χ3v) is 3.73. The van der Waals surface area contributed by atoms with Crippen molar-refractivity contribution in [3.8, 4) is 0 Å². The van der Waals surface area contributed by atoms with Crippen LogP contribution in [0.15, 0.2) is 42.5 Å². The molecular formula is C16H25N. The summed E-state index contributed by atoms with van der Waals surface area (Å²) in [6, 6.07) is 10.7. The number of rotatable bonds is 7. The lowest BCUT2D eigenvalue weighted by Gasteiger charge is -2.35. The van der Waals surface area contributed by atoms with Crippen molar-refractivity contribution < 1.29 is 0 Å². The van der Waals surface area contributed by atoms with Crippen molar-refractivity contribution >= 4 is 0 Å². The highest BCUT2D eigenvalue weighted by Gasteiger charge is 2.31. The Balaban J connectivity index is 3.12. The van der Waals surface area contributed by atoms with Gasteiger partial charge in [-0.25, -0.2) is 0 Å². The quantitative estimate of drug-likeness (QED) is 0.704. The van der Waals surface area contributed by atoms with Gasteiger partial charge in [0.2, 0.25) is 0 Å². The van der Waals surface area contributed by atoms with Gasteiger partial charge in [-0.1, -0.05) is 62.8 Å². The summed E-state index contributed by atoms with van der Waals surface area (Å²) in [5.74, 6) is 0. The maximum atomic E-state index is 5.82. The Kier molecular flexibility index (Phi) is 5.43. The molecule has 1 aromatic carbocycles. The van der Waals surface area contributed by atoms with Crippen LogP contribution in [0.5, 0.6) is 0 Å².